The molecule has 1 aliphatic heterocycles. The maximum atomic E-state index is 11.9. The van der Waals surface area contributed by atoms with Crippen LogP contribution in [0, 0.1) is 0 Å². The number of piperidine rings is 1. The summed E-state index contributed by atoms with van der Waals surface area (Å²) in [4.78, 5) is 11.9. The number of ether oxygens (including phenoxy) is 1. The summed E-state index contributed by atoms with van der Waals surface area (Å²) < 4.78 is 6.28. The number of fused-ring (bicyclic) bond motifs is 3. The van der Waals surface area contributed by atoms with Gasteiger partial charge in [-0.3, -0.25) is 10.5 Å². The molecule has 5 heteroatoms. The third-order valence-electron chi connectivity index (χ3n) is 6.43. The first kappa shape index (κ1) is 21.4. The molecule has 0 spiro atoms. The maximum absolute atomic E-state index is 11.9. The molecule has 1 saturated heterocycles. The molecule has 0 bridgehead atoms. The number of nitrogens with one attached hydrogen (secondary N) is 2. The molecule has 0 unspecified atom stereocenters. The Morgan fingerprint density at radius 3 is 2.13 bits per heavy atom. The predicted octanol–water partition coefficient (Wildman–Crippen LogP) is 5.19. The number of hydrogen-bond acceptors (Lipinski definition) is 3. The quantitative estimate of drug-likeness (QED) is 0.602. The minimum atomic E-state index is -0.617. The van der Waals surface area contributed by atoms with Crippen LogP contribution >= 0.6 is 12.4 Å². The van der Waals surface area contributed by atoms with Crippen LogP contribution < -0.4 is 15.8 Å². The molecule has 1 radical (unpaired) electrons. The maximum Gasteiger partial charge on any atom is 0.269 e. The molecular weight excluding hydrogens is 408 g/mol. The lowest BCUT2D eigenvalue weighted by atomic mass is 9.86. The van der Waals surface area contributed by atoms with Gasteiger partial charge in [0.2, 0.25) is 0 Å². The summed E-state index contributed by atoms with van der Waals surface area (Å²) in [7, 11) is 0. The number of amides is 1. The summed E-state index contributed by atoms with van der Waals surface area (Å²) in [5.41, 5.74) is 14.3. The average Bonchev–Trinajstić information content (AvgIpc) is 3.12. The van der Waals surface area contributed by atoms with E-state index < -0.39 is 5.91 Å². The Bertz CT molecular complexity index is 1050. The van der Waals surface area contributed by atoms with Crippen LogP contribution in [-0.4, -0.2) is 25.6 Å². The second-order valence-electron chi connectivity index (χ2n) is 8.14. The van der Waals surface area contributed by atoms with Crippen molar-refractivity contribution in [1.29, 1.82) is 0 Å². The van der Waals surface area contributed by atoms with Gasteiger partial charge < -0.3 is 10.1 Å². The van der Waals surface area contributed by atoms with Crippen molar-refractivity contribution in [3.05, 3.63) is 89.0 Å². The molecular formula is C26H26ClN2O2. The van der Waals surface area contributed by atoms with E-state index in [0.717, 1.165) is 37.2 Å². The number of benzene rings is 3. The molecule has 5 rings (SSSR count). The number of carbonyl (C=O) groups excluding carboxylic acids is 1. The Balaban J connectivity index is 0.00000231. The first-order chi connectivity index (χ1) is 14.7. The van der Waals surface area contributed by atoms with E-state index in [1.165, 1.54) is 22.3 Å². The molecule has 0 saturated carbocycles. The van der Waals surface area contributed by atoms with E-state index in [4.69, 9.17) is 10.5 Å². The molecule has 4 nitrogen and oxygen atoms in total. The molecule has 0 atom stereocenters. The lowest BCUT2D eigenvalue weighted by Crippen LogP contribution is -2.27. The van der Waals surface area contributed by atoms with Gasteiger partial charge in [-0.05, 0) is 77.9 Å². The number of carbonyl (C=O) groups is 1. The molecule has 159 valence electrons. The van der Waals surface area contributed by atoms with Crippen molar-refractivity contribution >= 4 is 18.3 Å². The minimum absolute atomic E-state index is 0. The number of hydrogen-bond donors (Lipinski definition) is 1. The van der Waals surface area contributed by atoms with E-state index in [2.05, 4.69) is 53.8 Å². The minimum Gasteiger partial charge on any atom is -0.493 e. The predicted molar refractivity (Wildman–Crippen MR) is 125 cm³/mol. The second kappa shape index (κ2) is 9.13. The van der Waals surface area contributed by atoms with Crippen molar-refractivity contribution in [2.24, 2.45) is 0 Å². The standard InChI is InChI=1S/C26H25N2O2.ClH/c27-26(29)23-10-9-18(15-24(23)17-11-13-28-14-12-17)30-16-25-21-7-3-1-5-19(21)20-6-2-4-8-22(20)25;/h1-10,15,17,25,27-28H,11-14,16H2;1H. The zero-order valence-electron chi connectivity index (χ0n) is 17.3. The Labute approximate surface area is 189 Å². The van der Waals surface area contributed by atoms with Gasteiger partial charge in [-0.1, -0.05) is 48.5 Å². The summed E-state index contributed by atoms with van der Waals surface area (Å²) in [6, 6.07) is 22.7. The number of halogens is 1. The van der Waals surface area contributed by atoms with Gasteiger partial charge in [-0.2, -0.15) is 0 Å². The fourth-order valence-electron chi connectivity index (χ4n) is 4.93. The van der Waals surface area contributed by atoms with Crippen LogP contribution in [0.4, 0.5) is 0 Å². The lowest BCUT2D eigenvalue weighted by Gasteiger charge is -2.25. The SMILES string of the molecule is Cl.[NH]C(=O)c1ccc(OCC2c3ccccc3-c3ccccc32)cc1C1CCNCC1. The fourth-order valence-corrected chi connectivity index (χ4v) is 4.93. The van der Waals surface area contributed by atoms with Crippen LogP contribution in [0.3, 0.4) is 0 Å². The van der Waals surface area contributed by atoms with Gasteiger partial charge in [0.15, 0.2) is 0 Å². The highest BCUT2D eigenvalue weighted by Gasteiger charge is 2.29. The van der Waals surface area contributed by atoms with Crippen molar-refractivity contribution in [3.63, 3.8) is 0 Å². The van der Waals surface area contributed by atoms with E-state index in [9.17, 15) is 4.79 Å². The van der Waals surface area contributed by atoms with Crippen LogP contribution in [0.1, 0.15) is 51.7 Å². The van der Waals surface area contributed by atoms with E-state index in [1.54, 1.807) is 6.07 Å². The highest BCUT2D eigenvalue weighted by molar-refractivity contribution is 5.94. The van der Waals surface area contributed by atoms with E-state index in [-0.39, 0.29) is 18.3 Å². The van der Waals surface area contributed by atoms with Gasteiger partial charge in [0.1, 0.15) is 5.75 Å². The average molecular weight is 434 g/mol. The van der Waals surface area contributed by atoms with E-state index >= 15 is 0 Å². The summed E-state index contributed by atoms with van der Waals surface area (Å²) in [5.74, 6) is 0.647. The Morgan fingerprint density at radius 2 is 1.52 bits per heavy atom. The highest BCUT2D eigenvalue weighted by atomic mass is 35.5. The largest absolute Gasteiger partial charge is 0.493 e. The molecule has 1 aliphatic carbocycles. The Morgan fingerprint density at radius 1 is 0.903 bits per heavy atom. The van der Waals surface area contributed by atoms with Crippen LogP contribution in [0.15, 0.2) is 66.7 Å². The summed E-state index contributed by atoms with van der Waals surface area (Å²) in [6.45, 7) is 2.43. The van der Waals surface area contributed by atoms with Crippen LogP contribution in [-0.2, 0) is 0 Å². The smallest absolute Gasteiger partial charge is 0.269 e. The van der Waals surface area contributed by atoms with Gasteiger partial charge in [0.05, 0.1) is 6.61 Å². The third-order valence-corrected chi connectivity index (χ3v) is 6.43. The first-order valence-electron chi connectivity index (χ1n) is 10.6. The normalized spacial score (nSPS) is 15.6. The van der Waals surface area contributed by atoms with Crippen LogP contribution in [0.25, 0.3) is 11.1 Å². The third kappa shape index (κ3) is 4.06. The van der Waals surface area contributed by atoms with E-state index in [0.29, 0.717) is 18.1 Å². The Kier molecular flexibility index (Phi) is 6.30. The van der Waals surface area contributed by atoms with Crippen molar-refractivity contribution in [1.82, 2.24) is 11.1 Å². The molecule has 0 aromatic heterocycles. The van der Waals surface area contributed by atoms with Crippen LogP contribution in [0.2, 0.25) is 0 Å². The molecule has 1 heterocycles. The van der Waals surface area contributed by atoms with Crippen molar-refractivity contribution in [2.45, 2.75) is 24.7 Å². The molecule has 1 fully saturated rings. The molecule has 2 aliphatic rings. The van der Waals surface area contributed by atoms with Crippen molar-refractivity contribution in [3.8, 4) is 16.9 Å². The van der Waals surface area contributed by atoms with Gasteiger partial charge in [0, 0.05) is 11.5 Å². The molecule has 31 heavy (non-hydrogen) atoms. The zero-order valence-corrected chi connectivity index (χ0v) is 18.1. The summed E-state index contributed by atoms with van der Waals surface area (Å²) in [5, 5.41) is 3.37. The lowest BCUT2D eigenvalue weighted by molar-refractivity contribution is 0.0990. The molecule has 1 amide bonds. The van der Waals surface area contributed by atoms with E-state index in [1.807, 2.05) is 12.1 Å². The van der Waals surface area contributed by atoms with Crippen molar-refractivity contribution < 1.29 is 9.53 Å². The van der Waals surface area contributed by atoms with Crippen molar-refractivity contribution in [2.75, 3.05) is 19.7 Å². The summed E-state index contributed by atoms with van der Waals surface area (Å²) >= 11 is 0. The Hall–Kier alpha value is -2.82. The molecule has 2 N–H and O–H groups in total. The van der Waals surface area contributed by atoms with Crippen LogP contribution in [0.5, 0.6) is 5.75 Å². The highest BCUT2D eigenvalue weighted by Crippen LogP contribution is 2.44. The summed E-state index contributed by atoms with van der Waals surface area (Å²) in [6.07, 6.45) is 1.96. The van der Waals surface area contributed by atoms with Gasteiger partial charge >= 0.3 is 0 Å². The molecule has 3 aromatic carbocycles. The second-order valence-corrected chi connectivity index (χ2v) is 8.14. The van der Waals surface area contributed by atoms with Gasteiger partial charge in [-0.25, -0.2) is 0 Å². The van der Waals surface area contributed by atoms with Gasteiger partial charge in [-0.15, -0.1) is 12.4 Å². The monoisotopic (exact) mass is 433 g/mol. The molecule has 3 aromatic rings. The topological polar surface area (TPSA) is 62.1 Å². The van der Waals surface area contributed by atoms with Gasteiger partial charge in [0.25, 0.3) is 5.91 Å². The zero-order chi connectivity index (χ0) is 20.5. The first-order valence-corrected chi connectivity index (χ1v) is 10.6. The number of rotatable bonds is 5. The fraction of sp³-hybridized carbons (Fsp3) is 0.269.